The molecule has 0 saturated carbocycles. The maximum Gasteiger partial charge on any atom is 0.160 e. The largest absolute Gasteiger partial charge is 0.468 e. The maximum atomic E-state index is 5.48. The van der Waals surface area contributed by atoms with Crippen LogP contribution in [0.3, 0.4) is 0 Å². The second kappa shape index (κ2) is 5.30. The average molecular weight is 272 g/mol. The van der Waals surface area contributed by atoms with Gasteiger partial charge in [-0.25, -0.2) is 9.97 Å². The quantitative estimate of drug-likeness (QED) is 0.735. The molecule has 0 aliphatic heterocycles. The van der Waals surface area contributed by atoms with Gasteiger partial charge in [0, 0.05) is 6.54 Å². The molecule has 0 aliphatic carbocycles. The van der Waals surface area contributed by atoms with Crippen LogP contribution in [0.25, 0.3) is 11.0 Å². The predicted octanol–water partition coefficient (Wildman–Crippen LogP) is 1.66. The summed E-state index contributed by atoms with van der Waals surface area (Å²) < 4.78 is 5.48. The number of aromatic amines is 1. The van der Waals surface area contributed by atoms with Crippen LogP contribution in [-0.2, 0) is 0 Å². The molecule has 0 saturated heterocycles. The van der Waals surface area contributed by atoms with E-state index in [0.29, 0.717) is 6.54 Å². The molecule has 0 amide bonds. The van der Waals surface area contributed by atoms with Gasteiger partial charge >= 0.3 is 0 Å². The first kappa shape index (κ1) is 12.6. The Labute approximate surface area is 116 Å². The molecule has 3 aromatic rings. The fraction of sp³-hybridized carbons (Fsp3) is 0.308. The van der Waals surface area contributed by atoms with Crippen LogP contribution in [0.4, 0.5) is 5.82 Å². The number of H-pyrrole nitrogens is 1. The van der Waals surface area contributed by atoms with Gasteiger partial charge in [-0.2, -0.15) is 5.10 Å². The highest BCUT2D eigenvalue weighted by atomic mass is 16.3. The lowest BCUT2D eigenvalue weighted by Crippen LogP contribution is -2.26. The van der Waals surface area contributed by atoms with Crippen LogP contribution in [0.1, 0.15) is 11.8 Å². The van der Waals surface area contributed by atoms with E-state index in [1.807, 2.05) is 26.2 Å². The zero-order chi connectivity index (χ0) is 13.9. The zero-order valence-corrected chi connectivity index (χ0v) is 11.4. The second-order valence-electron chi connectivity index (χ2n) is 4.73. The summed E-state index contributed by atoms with van der Waals surface area (Å²) in [5, 5.41) is 11.0. The molecule has 3 rings (SSSR count). The number of anilines is 1. The van der Waals surface area contributed by atoms with Crippen molar-refractivity contribution in [1.82, 2.24) is 25.1 Å². The van der Waals surface area contributed by atoms with Crippen LogP contribution in [0.2, 0.25) is 0 Å². The Morgan fingerprint density at radius 2 is 2.30 bits per heavy atom. The van der Waals surface area contributed by atoms with Crippen LogP contribution in [-0.4, -0.2) is 45.7 Å². The predicted molar refractivity (Wildman–Crippen MR) is 75.3 cm³/mol. The van der Waals surface area contributed by atoms with Crippen molar-refractivity contribution in [2.24, 2.45) is 0 Å². The minimum atomic E-state index is 0.127. The SMILES string of the molecule is CN(C)C(CNc1ncnc2[nH]ncc12)c1ccco1. The van der Waals surface area contributed by atoms with Crippen LogP contribution in [0, 0.1) is 0 Å². The van der Waals surface area contributed by atoms with E-state index in [1.54, 1.807) is 12.5 Å². The van der Waals surface area contributed by atoms with Crippen molar-refractivity contribution in [1.29, 1.82) is 0 Å². The number of rotatable bonds is 5. The summed E-state index contributed by atoms with van der Waals surface area (Å²) in [7, 11) is 4.03. The van der Waals surface area contributed by atoms with E-state index in [9.17, 15) is 0 Å². The summed E-state index contributed by atoms with van der Waals surface area (Å²) in [5.74, 6) is 1.68. The third-order valence-electron chi connectivity index (χ3n) is 3.21. The summed E-state index contributed by atoms with van der Waals surface area (Å²) in [6.07, 6.45) is 4.92. The summed E-state index contributed by atoms with van der Waals surface area (Å²) in [4.78, 5) is 10.5. The Balaban J connectivity index is 1.79. The highest BCUT2D eigenvalue weighted by Crippen LogP contribution is 2.21. The Bertz CT molecular complexity index is 675. The highest BCUT2D eigenvalue weighted by Gasteiger charge is 2.17. The van der Waals surface area contributed by atoms with Gasteiger partial charge in [-0.3, -0.25) is 10.00 Å². The molecule has 0 aromatic carbocycles. The third kappa shape index (κ3) is 2.35. The molecule has 7 nitrogen and oxygen atoms in total. The number of hydrogen-bond acceptors (Lipinski definition) is 6. The summed E-state index contributed by atoms with van der Waals surface area (Å²) >= 11 is 0. The molecule has 1 atom stereocenters. The van der Waals surface area contributed by atoms with Crippen molar-refractivity contribution >= 4 is 16.9 Å². The summed E-state index contributed by atoms with van der Waals surface area (Å²) in [5.41, 5.74) is 0.724. The number of furan rings is 1. The Morgan fingerprint density at radius 3 is 3.05 bits per heavy atom. The molecule has 7 heteroatoms. The Morgan fingerprint density at radius 1 is 1.40 bits per heavy atom. The smallest absolute Gasteiger partial charge is 0.160 e. The van der Waals surface area contributed by atoms with Crippen molar-refractivity contribution in [2.45, 2.75) is 6.04 Å². The van der Waals surface area contributed by atoms with Gasteiger partial charge in [0.25, 0.3) is 0 Å². The fourth-order valence-electron chi connectivity index (χ4n) is 2.12. The summed E-state index contributed by atoms with van der Waals surface area (Å²) in [6.45, 7) is 0.678. The molecular weight excluding hydrogens is 256 g/mol. The van der Waals surface area contributed by atoms with Crippen molar-refractivity contribution in [3.8, 4) is 0 Å². The normalized spacial score (nSPS) is 12.9. The molecule has 3 aromatic heterocycles. The van der Waals surface area contributed by atoms with E-state index in [0.717, 1.165) is 22.6 Å². The monoisotopic (exact) mass is 272 g/mol. The van der Waals surface area contributed by atoms with Gasteiger partial charge in [0.05, 0.1) is 23.9 Å². The summed E-state index contributed by atoms with van der Waals surface area (Å²) in [6, 6.07) is 3.99. The van der Waals surface area contributed by atoms with Gasteiger partial charge < -0.3 is 9.73 Å². The molecule has 3 heterocycles. The van der Waals surface area contributed by atoms with E-state index >= 15 is 0 Å². The number of aromatic nitrogens is 4. The van der Waals surface area contributed by atoms with Gasteiger partial charge in [0.1, 0.15) is 17.9 Å². The van der Waals surface area contributed by atoms with E-state index in [2.05, 4.69) is 30.4 Å². The number of hydrogen-bond donors (Lipinski definition) is 2. The van der Waals surface area contributed by atoms with Crippen molar-refractivity contribution in [3.05, 3.63) is 36.7 Å². The standard InChI is InChI=1S/C13H16N6O/c1-19(2)10(11-4-3-5-20-11)7-14-12-9-6-17-18-13(9)16-8-15-12/h3-6,8,10H,7H2,1-2H3,(H2,14,15,16,17,18). The second-order valence-corrected chi connectivity index (χ2v) is 4.73. The Hall–Kier alpha value is -2.41. The lowest BCUT2D eigenvalue weighted by molar-refractivity contribution is 0.269. The van der Waals surface area contributed by atoms with E-state index in [4.69, 9.17) is 4.42 Å². The molecule has 0 radical (unpaired) electrons. The molecule has 0 bridgehead atoms. The topological polar surface area (TPSA) is 82.9 Å². The van der Waals surface area contributed by atoms with Crippen LogP contribution < -0.4 is 5.32 Å². The van der Waals surface area contributed by atoms with Gasteiger partial charge in [0.15, 0.2) is 5.65 Å². The maximum absolute atomic E-state index is 5.48. The molecule has 0 aliphatic rings. The Kier molecular flexibility index (Phi) is 3.34. The molecule has 1 unspecified atom stereocenters. The molecule has 20 heavy (non-hydrogen) atoms. The first-order chi connectivity index (χ1) is 9.75. The van der Waals surface area contributed by atoms with Crippen molar-refractivity contribution in [2.75, 3.05) is 26.0 Å². The first-order valence-corrected chi connectivity index (χ1v) is 6.33. The molecule has 0 fully saturated rings. The van der Waals surface area contributed by atoms with Gasteiger partial charge in [0.2, 0.25) is 0 Å². The highest BCUT2D eigenvalue weighted by molar-refractivity contribution is 5.85. The van der Waals surface area contributed by atoms with Crippen molar-refractivity contribution < 1.29 is 4.42 Å². The first-order valence-electron chi connectivity index (χ1n) is 6.33. The lowest BCUT2D eigenvalue weighted by Gasteiger charge is -2.22. The van der Waals surface area contributed by atoms with E-state index in [-0.39, 0.29) is 6.04 Å². The van der Waals surface area contributed by atoms with E-state index in [1.165, 1.54) is 6.33 Å². The van der Waals surface area contributed by atoms with Gasteiger partial charge in [-0.1, -0.05) is 0 Å². The van der Waals surface area contributed by atoms with Crippen LogP contribution >= 0.6 is 0 Å². The molecular formula is C13H16N6O. The molecule has 104 valence electrons. The minimum absolute atomic E-state index is 0.127. The van der Waals surface area contributed by atoms with Gasteiger partial charge in [-0.05, 0) is 26.2 Å². The lowest BCUT2D eigenvalue weighted by atomic mass is 10.2. The zero-order valence-electron chi connectivity index (χ0n) is 11.4. The van der Waals surface area contributed by atoms with Crippen LogP contribution in [0.5, 0.6) is 0 Å². The molecule has 2 N–H and O–H groups in total. The van der Waals surface area contributed by atoms with Gasteiger partial charge in [-0.15, -0.1) is 0 Å². The van der Waals surface area contributed by atoms with Crippen LogP contribution in [0.15, 0.2) is 35.3 Å². The minimum Gasteiger partial charge on any atom is -0.468 e. The molecule has 0 spiro atoms. The number of likely N-dealkylation sites (N-methyl/N-ethyl adjacent to an activating group) is 1. The number of nitrogens with zero attached hydrogens (tertiary/aromatic N) is 4. The average Bonchev–Trinajstić information content (AvgIpc) is 3.09. The fourth-order valence-corrected chi connectivity index (χ4v) is 2.12. The number of nitrogens with one attached hydrogen (secondary N) is 2. The third-order valence-corrected chi connectivity index (χ3v) is 3.21. The van der Waals surface area contributed by atoms with E-state index < -0.39 is 0 Å². The number of fused-ring (bicyclic) bond motifs is 1. The van der Waals surface area contributed by atoms with Crippen molar-refractivity contribution in [3.63, 3.8) is 0 Å².